The van der Waals surface area contributed by atoms with Crippen LogP contribution in [0.3, 0.4) is 0 Å². The Morgan fingerprint density at radius 2 is 1.71 bits per heavy atom. The summed E-state index contributed by atoms with van der Waals surface area (Å²) < 4.78 is 32.4. The predicted molar refractivity (Wildman–Crippen MR) is 123 cm³/mol. The van der Waals surface area contributed by atoms with E-state index in [-0.39, 0.29) is 4.90 Å². The molecule has 0 atom stereocenters. The van der Waals surface area contributed by atoms with Crippen molar-refractivity contribution < 1.29 is 13.2 Å². The quantitative estimate of drug-likeness (QED) is 0.380. The fourth-order valence-corrected chi connectivity index (χ4v) is 4.34. The maximum absolute atomic E-state index is 12.5. The summed E-state index contributed by atoms with van der Waals surface area (Å²) in [6.07, 6.45) is 2.98. The van der Waals surface area contributed by atoms with Gasteiger partial charge in [0.2, 0.25) is 10.0 Å². The molecule has 0 radical (unpaired) electrons. The zero-order valence-electron chi connectivity index (χ0n) is 17.6. The number of aromatic nitrogens is 1. The minimum atomic E-state index is -3.53. The zero-order chi connectivity index (χ0) is 22.1. The van der Waals surface area contributed by atoms with Crippen LogP contribution in [0.15, 0.2) is 82.9 Å². The largest absolute Gasteiger partial charge is 0.488 e. The van der Waals surface area contributed by atoms with Crippen LogP contribution in [0.1, 0.15) is 25.0 Å². The normalized spacial score (nSPS) is 11.7. The summed E-state index contributed by atoms with van der Waals surface area (Å²) in [5, 5.41) is 4.21. The fourth-order valence-electron chi connectivity index (χ4n) is 2.93. The average molecular weight is 439 g/mol. The molecule has 0 spiro atoms. The van der Waals surface area contributed by atoms with Crippen LogP contribution >= 0.6 is 0 Å². The van der Waals surface area contributed by atoms with Crippen molar-refractivity contribution in [3.8, 4) is 5.75 Å². The second-order valence-electron chi connectivity index (χ2n) is 6.65. The minimum Gasteiger partial charge on any atom is -0.488 e. The van der Waals surface area contributed by atoms with Gasteiger partial charge in [-0.05, 0) is 29.8 Å². The van der Waals surface area contributed by atoms with E-state index in [0.717, 1.165) is 11.1 Å². The summed E-state index contributed by atoms with van der Waals surface area (Å²) in [6, 6.07) is 20.6. The predicted octanol–water partition coefficient (Wildman–Crippen LogP) is 4.14. The molecule has 162 valence electrons. The molecule has 1 aromatic heterocycles. The van der Waals surface area contributed by atoms with Gasteiger partial charge in [0.25, 0.3) is 0 Å². The Balaban J connectivity index is 1.65. The Labute approximate surface area is 183 Å². The topological polar surface area (TPSA) is 83.9 Å². The standard InChI is InChI=1S/C23H26N4O3S/c1-3-27(4-2)31(28,29)21-14-15-23(24-17-21)26-25-16-20-12-8-9-13-22(20)30-18-19-10-6-5-7-11-19/h5-17H,3-4,18H2,1-2H3,(H,24,26)/b25-16+. The second-order valence-corrected chi connectivity index (χ2v) is 8.59. The third kappa shape index (κ3) is 5.90. The molecule has 1 heterocycles. The SMILES string of the molecule is CCN(CC)S(=O)(=O)c1ccc(N/N=C/c2ccccc2OCc2ccccc2)nc1. The highest BCUT2D eigenvalue weighted by molar-refractivity contribution is 7.89. The molecule has 0 fully saturated rings. The number of para-hydroxylation sites is 1. The van der Waals surface area contributed by atoms with Crippen LogP contribution in [0.4, 0.5) is 5.82 Å². The maximum Gasteiger partial charge on any atom is 0.244 e. The summed E-state index contributed by atoms with van der Waals surface area (Å²) in [5.41, 5.74) is 4.72. The first-order valence-corrected chi connectivity index (χ1v) is 11.5. The second kappa shape index (κ2) is 10.7. The number of rotatable bonds is 10. The number of pyridine rings is 1. The summed E-state index contributed by atoms with van der Waals surface area (Å²) in [7, 11) is -3.53. The minimum absolute atomic E-state index is 0.158. The molecule has 0 unspecified atom stereocenters. The van der Waals surface area contributed by atoms with E-state index in [1.165, 1.54) is 16.6 Å². The molecule has 0 aliphatic heterocycles. The molecule has 0 aliphatic rings. The third-order valence-corrected chi connectivity index (χ3v) is 6.65. The number of hydrazone groups is 1. The maximum atomic E-state index is 12.5. The van der Waals surface area contributed by atoms with E-state index in [1.54, 1.807) is 26.1 Å². The molecule has 0 bridgehead atoms. The van der Waals surface area contributed by atoms with Crippen LogP contribution in [0.25, 0.3) is 0 Å². The van der Waals surface area contributed by atoms with Crippen molar-refractivity contribution in [2.75, 3.05) is 18.5 Å². The number of benzene rings is 2. The van der Waals surface area contributed by atoms with Crippen LogP contribution < -0.4 is 10.2 Å². The van der Waals surface area contributed by atoms with Crippen molar-refractivity contribution in [2.45, 2.75) is 25.3 Å². The van der Waals surface area contributed by atoms with Gasteiger partial charge in [-0.25, -0.2) is 13.4 Å². The van der Waals surface area contributed by atoms with Gasteiger partial charge in [0.05, 0.1) is 6.21 Å². The van der Waals surface area contributed by atoms with E-state index < -0.39 is 10.0 Å². The number of hydrogen-bond acceptors (Lipinski definition) is 6. The molecule has 1 N–H and O–H groups in total. The molecule has 3 aromatic rings. The monoisotopic (exact) mass is 438 g/mol. The molecular weight excluding hydrogens is 412 g/mol. The van der Waals surface area contributed by atoms with E-state index >= 15 is 0 Å². The molecule has 7 nitrogen and oxygen atoms in total. The first-order valence-electron chi connectivity index (χ1n) is 10.1. The number of nitrogens with one attached hydrogen (secondary N) is 1. The number of nitrogens with zero attached hydrogens (tertiary/aromatic N) is 3. The van der Waals surface area contributed by atoms with Crippen LogP contribution in [0, 0.1) is 0 Å². The Morgan fingerprint density at radius 3 is 2.39 bits per heavy atom. The van der Waals surface area contributed by atoms with Crippen molar-refractivity contribution in [1.82, 2.24) is 9.29 Å². The Hall–Kier alpha value is -3.23. The lowest BCUT2D eigenvalue weighted by Gasteiger charge is -2.18. The first kappa shape index (κ1) is 22.5. The number of sulfonamides is 1. The zero-order valence-corrected chi connectivity index (χ0v) is 18.4. The molecule has 0 saturated heterocycles. The molecule has 0 aliphatic carbocycles. The van der Waals surface area contributed by atoms with Crippen LogP contribution in [-0.2, 0) is 16.6 Å². The lowest BCUT2D eigenvalue weighted by molar-refractivity contribution is 0.306. The van der Waals surface area contributed by atoms with Gasteiger partial charge in [0.1, 0.15) is 23.1 Å². The fraction of sp³-hybridized carbons (Fsp3) is 0.217. The highest BCUT2D eigenvalue weighted by Gasteiger charge is 2.21. The van der Waals surface area contributed by atoms with E-state index in [1.807, 2.05) is 54.6 Å². The summed E-state index contributed by atoms with van der Waals surface area (Å²) in [6.45, 7) is 4.90. The van der Waals surface area contributed by atoms with Crippen molar-refractivity contribution in [1.29, 1.82) is 0 Å². The summed E-state index contributed by atoms with van der Waals surface area (Å²) >= 11 is 0. The highest BCUT2D eigenvalue weighted by Crippen LogP contribution is 2.18. The Kier molecular flexibility index (Phi) is 7.75. The van der Waals surface area contributed by atoms with Crippen LogP contribution in [-0.4, -0.2) is 37.0 Å². The van der Waals surface area contributed by atoms with E-state index in [0.29, 0.717) is 31.3 Å². The Morgan fingerprint density at radius 1 is 1.00 bits per heavy atom. The van der Waals surface area contributed by atoms with Gasteiger partial charge < -0.3 is 4.74 Å². The Bertz CT molecular complexity index is 1100. The van der Waals surface area contributed by atoms with E-state index in [2.05, 4.69) is 15.5 Å². The van der Waals surface area contributed by atoms with Crippen LogP contribution in [0.2, 0.25) is 0 Å². The van der Waals surface area contributed by atoms with Crippen molar-refractivity contribution in [3.05, 3.63) is 84.1 Å². The van der Waals surface area contributed by atoms with Gasteiger partial charge in [0.15, 0.2) is 0 Å². The molecule has 8 heteroatoms. The molecule has 3 rings (SSSR count). The number of ether oxygens (including phenoxy) is 1. The third-order valence-electron chi connectivity index (χ3n) is 4.62. The number of anilines is 1. The molecule has 0 amide bonds. The van der Waals surface area contributed by atoms with Crippen molar-refractivity contribution in [3.63, 3.8) is 0 Å². The van der Waals surface area contributed by atoms with Gasteiger partial charge >= 0.3 is 0 Å². The lowest BCUT2D eigenvalue weighted by Crippen LogP contribution is -2.30. The molecule has 31 heavy (non-hydrogen) atoms. The smallest absolute Gasteiger partial charge is 0.244 e. The number of hydrogen-bond donors (Lipinski definition) is 1. The van der Waals surface area contributed by atoms with Crippen molar-refractivity contribution >= 4 is 22.1 Å². The van der Waals surface area contributed by atoms with Crippen molar-refractivity contribution in [2.24, 2.45) is 5.10 Å². The van der Waals surface area contributed by atoms with Crippen LogP contribution in [0.5, 0.6) is 5.75 Å². The average Bonchev–Trinajstić information content (AvgIpc) is 2.80. The van der Waals surface area contributed by atoms with E-state index in [4.69, 9.17) is 4.74 Å². The van der Waals surface area contributed by atoms with Gasteiger partial charge in [-0.1, -0.05) is 56.3 Å². The van der Waals surface area contributed by atoms with E-state index in [9.17, 15) is 8.42 Å². The van der Waals surface area contributed by atoms with Gasteiger partial charge in [-0.2, -0.15) is 9.41 Å². The first-order chi connectivity index (χ1) is 15.0. The molecule has 2 aromatic carbocycles. The highest BCUT2D eigenvalue weighted by atomic mass is 32.2. The van der Waals surface area contributed by atoms with Gasteiger partial charge in [-0.3, -0.25) is 5.43 Å². The molecule has 0 saturated carbocycles. The lowest BCUT2D eigenvalue weighted by atomic mass is 10.2. The summed E-state index contributed by atoms with van der Waals surface area (Å²) in [4.78, 5) is 4.32. The molecular formula is C23H26N4O3S. The summed E-state index contributed by atoms with van der Waals surface area (Å²) in [5.74, 6) is 1.16. The van der Waals surface area contributed by atoms with Gasteiger partial charge in [-0.15, -0.1) is 0 Å². The van der Waals surface area contributed by atoms with Gasteiger partial charge in [0, 0.05) is 24.8 Å².